The van der Waals surface area contributed by atoms with Crippen molar-refractivity contribution in [1.29, 1.82) is 0 Å². The smallest absolute Gasteiger partial charge is 0.253 e. The number of carbonyl (C=O) groups is 1. The number of hydrogen-bond acceptors (Lipinski definition) is 3. The molecule has 0 spiro atoms. The maximum Gasteiger partial charge on any atom is 0.253 e. The fourth-order valence-corrected chi connectivity index (χ4v) is 2.23. The Morgan fingerprint density at radius 2 is 1.95 bits per heavy atom. The zero-order valence-electron chi connectivity index (χ0n) is 13.1. The number of likely N-dealkylation sites (N-methyl/N-ethyl adjacent to an activating group) is 1. The SMILES string of the molecule is CNC(=O)C(O)c1ccccc1COc1cc(C)ccc1C. The number of amides is 1. The molecule has 2 aromatic rings. The molecule has 1 atom stereocenters. The molecule has 0 saturated carbocycles. The van der Waals surface area contributed by atoms with Gasteiger partial charge in [0.05, 0.1) is 0 Å². The third kappa shape index (κ3) is 3.65. The minimum atomic E-state index is -1.19. The second-order valence-electron chi connectivity index (χ2n) is 5.27. The lowest BCUT2D eigenvalue weighted by Gasteiger charge is -2.16. The van der Waals surface area contributed by atoms with Gasteiger partial charge >= 0.3 is 0 Å². The second kappa shape index (κ2) is 7.09. The predicted molar refractivity (Wildman–Crippen MR) is 85.7 cm³/mol. The van der Waals surface area contributed by atoms with Crippen molar-refractivity contribution >= 4 is 5.91 Å². The van der Waals surface area contributed by atoms with Crippen LogP contribution in [0, 0.1) is 13.8 Å². The van der Waals surface area contributed by atoms with E-state index in [1.54, 1.807) is 12.1 Å². The van der Waals surface area contributed by atoms with Gasteiger partial charge in [-0.2, -0.15) is 0 Å². The van der Waals surface area contributed by atoms with Crippen molar-refractivity contribution < 1.29 is 14.6 Å². The fourth-order valence-electron chi connectivity index (χ4n) is 2.23. The maximum atomic E-state index is 11.6. The van der Waals surface area contributed by atoms with Crippen LogP contribution in [0.4, 0.5) is 0 Å². The predicted octanol–water partition coefficient (Wildman–Crippen LogP) is 2.66. The van der Waals surface area contributed by atoms with Crippen molar-refractivity contribution in [3.05, 3.63) is 64.7 Å². The molecule has 0 aliphatic heterocycles. The van der Waals surface area contributed by atoms with Gasteiger partial charge in [0.1, 0.15) is 12.4 Å². The van der Waals surface area contributed by atoms with E-state index >= 15 is 0 Å². The molecule has 0 aliphatic carbocycles. The molecule has 1 unspecified atom stereocenters. The first-order chi connectivity index (χ1) is 10.5. The van der Waals surface area contributed by atoms with Crippen LogP contribution in [0.5, 0.6) is 5.75 Å². The first kappa shape index (κ1) is 16.0. The van der Waals surface area contributed by atoms with E-state index in [-0.39, 0.29) is 0 Å². The van der Waals surface area contributed by atoms with E-state index < -0.39 is 12.0 Å². The van der Waals surface area contributed by atoms with Gasteiger partial charge in [-0.3, -0.25) is 4.79 Å². The standard InChI is InChI=1S/C18H21NO3/c1-12-8-9-13(2)16(10-12)22-11-14-6-4-5-7-15(14)17(20)18(21)19-3/h4-10,17,20H,11H2,1-3H3,(H,19,21). The summed E-state index contributed by atoms with van der Waals surface area (Å²) in [5.74, 6) is 0.378. The number of carbonyl (C=O) groups excluding carboxylic acids is 1. The Balaban J connectivity index is 2.20. The molecule has 0 fully saturated rings. The van der Waals surface area contributed by atoms with Gasteiger partial charge in [0.25, 0.3) is 5.91 Å². The zero-order valence-corrected chi connectivity index (χ0v) is 13.1. The summed E-state index contributed by atoms with van der Waals surface area (Å²) in [4.78, 5) is 11.6. The molecular weight excluding hydrogens is 278 g/mol. The topological polar surface area (TPSA) is 58.6 Å². The molecule has 0 aromatic heterocycles. The molecule has 0 saturated heterocycles. The van der Waals surface area contributed by atoms with Gasteiger partial charge in [-0.05, 0) is 42.2 Å². The van der Waals surface area contributed by atoms with Crippen LogP contribution in [0.15, 0.2) is 42.5 Å². The van der Waals surface area contributed by atoms with Crippen molar-refractivity contribution in [3.8, 4) is 5.75 Å². The van der Waals surface area contributed by atoms with E-state index in [9.17, 15) is 9.90 Å². The van der Waals surface area contributed by atoms with E-state index in [0.717, 1.165) is 22.4 Å². The monoisotopic (exact) mass is 299 g/mol. The van der Waals surface area contributed by atoms with Gasteiger partial charge in [0.2, 0.25) is 0 Å². The van der Waals surface area contributed by atoms with Crippen molar-refractivity contribution in [2.24, 2.45) is 0 Å². The molecular formula is C18H21NO3. The van der Waals surface area contributed by atoms with Crippen LogP contribution < -0.4 is 10.1 Å². The number of benzene rings is 2. The molecule has 116 valence electrons. The van der Waals surface area contributed by atoms with E-state index in [1.165, 1.54) is 7.05 Å². The number of aliphatic hydroxyl groups is 1. The molecule has 4 heteroatoms. The van der Waals surface area contributed by atoms with Crippen molar-refractivity contribution in [2.45, 2.75) is 26.6 Å². The van der Waals surface area contributed by atoms with E-state index in [1.807, 2.05) is 44.2 Å². The summed E-state index contributed by atoms with van der Waals surface area (Å²) >= 11 is 0. The number of aliphatic hydroxyl groups excluding tert-OH is 1. The Morgan fingerprint density at radius 1 is 1.23 bits per heavy atom. The first-order valence-corrected chi connectivity index (χ1v) is 7.20. The van der Waals surface area contributed by atoms with Gasteiger partial charge < -0.3 is 15.2 Å². The van der Waals surface area contributed by atoms with E-state index in [0.29, 0.717) is 12.2 Å². The van der Waals surface area contributed by atoms with Gasteiger partial charge in [0.15, 0.2) is 6.10 Å². The summed E-state index contributed by atoms with van der Waals surface area (Å²) in [6.07, 6.45) is -1.19. The van der Waals surface area contributed by atoms with Crippen LogP contribution in [-0.4, -0.2) is 18.1 Å². The zero-order chi connectivity index (χ0) is 16.1. The first-order valence-electron chi connectivity index (χ1n) is 7.20. The highest BCUT2D eigenvalue weighted by Gasteiger charge is 2.19. The summed E-state index contributed by atoms with van der Waals surface area (Å²) in [5.41, 5.74) is 3.53. The van der Waals surface area contributed by atoms with Gasteiger partial charge in [0, 0.05) is 7.05 Å². The number of nitrogens with one attached hydrogen (secondary N) is 1. The molecule has 2 aromatic carbocycles. The Kier molecular flexibility index (Phi) is 5.17. The normalized spacial score (nSPS) is 11.8. The van der Waals surface area contributed by atoms with E-state index in [2.05, 4.69) is 5.32 Å². The third-order valence-electron chi connectivity index (χ3n) is 3.57. The Bertz CT molecular complexity index is 667. The number of rotatable bonds is 5. The highest BCUT2D eigenvalue weighted by Crippen LogP contribution is 2.23. The Hall–Kier alpha value is -2.33. The molecule has 0 radical (unpaired) electrons. The number of aryl methyl sites for hydroxylation is 2. The van der Waals surface area contributed by atoms with Crippen LogP contribution in [0.2, 0.25) is 0 Å². The molecule has 0 bridgehead atoms. The molecule has 2 rings (SSSR count). The fraction of sp³-hybridized carbons (Fsp3) is 0.278. The molecule has 0 heterocycles. The largest absolute Gasteiger partial charge is 0.489 e. The third-order valence-corrected chi connectivity index (χ3v) is 3.57. The van der Waals surface area contributed by atoms with Gasteiger partial charge in [-0.25, -0.2) is 0 Å². The summed E-state index contributed by atoms with van der Waals surface area (Å²) < 4.78 is 5.87. The van der Waals surface area contributed by atoms with Crippen LogP contribution >= 0.6 is 0 Å². The van der Waals surface area contributed by atoms with E-state index in [4.69, 9.17) is 4.74 Å². The quantitative estimate of drug-likeness (QED) is 0.892. The van der Waals surface area contributed by atoms with Gasteiger partial charge in [-0.15, -0.1) is 0 Å². The lowest BCUT2D eigenvalue weighted by atomic mass is 10.0. The molecule has 0 aliphatic rings. The minimum Gasteiger partial charge on any atom is -0.489 e. The molecule has 2 N–H and O–H groups in total. The summed E-state index contributed by atoms with van der Waals surface area (Å²) in [6.45, 7) is 4.30. The number of ether oxygens (including phenoxy) is 1. The van der Waals surface area contributed by atoms with Crippen molar-refractivity contribution in [1.82, 2.24) is 5.32 Å². The molecule has 1 amide bonds. The highest BCUT2D eigenvalue weighted by molar-refractivity contribution is 5.82. The van der Waals surface area contributed by atoms with Crippen molar-refractivity contribution in [2.75, 3.05) is 7.05 Å². The average molecular weight is 299 g/mol. The summed E-state index contributed by atoms with van der Waals surface area (Å²) in [7, 11) is 1.50. The summed E-state index contributed by atoms with van der Waals surface area (Å²) in [5, 5.41) is 12.5. The van der Waals surface area contributed by atoms with Crippen molar-refractivity contribution in [3.63, 3.8) is 0 Å². The Morgan fingerprint density at radius 3 is 2.68 bits per heavy atom. The molecule has 22 heavy (non-hydrogen) atoms. The van der Waals surface area contributed by atoms with Crippen LogP contribution in [0.25, 0.3) is 0 Å². The lowest BCUT2D eigenvalue weighted by molar-refractivity contribution is -0.129. The van der Waals surface area contributed by atoms with Crippen LogP contribution in [0.3, 0.4) is 0 Å². The number of hydrogen-bond donors (Lipinski definition) is 2. The maximum absolute atomic E-state index is 11.6. The lowest BCUT2D eigenvalue weighted by Crippen LogP contribution is -2.26. The molecule has 4 nitrogen and oxygen atoms in total. The highest BCUT2D eigenvalue weighted by atomic mass is 16.5. The second-order valence-corrected chi connectivity index (χ2v) is 5.27. The van der Waals surface area contributed by atoms with Gasteiger partial charge in [-0.1, -0.05) is 36.4 Å². The van der Waals surface area contributed by atoms with Crippen LogP contribution in [-0.2, 0) is 11.4 Å². The minimum absolute atomic E-state index is 0.300. The average Bonchev–Trinajstić information content (AvgIpc) is 2.54. The Labute approximate surface area is 130 Å². The summed E-state index contributed by atoms with van der Waals surface area (Å²) in [6, 6.07) is 13.3. The van der Waals surface area contributed by atoms with Crippen LogP contribution in [0.1, 0.15) is 28.4 Å².